The third-order valence-corrected chi connectivity index (χ3v) is 5.09. The number of rotatable bonds is 9. The van der Waals surface area contributed by atoms with Crippen LogP contribution in [0, 0.1) is 6.92 Å². The van der Waals surface area contributed by atoms with Gasteiger partial charge >= 0.3 is 0 Å². The fraction of sp³-hybridized carbons (Fsp3) is 0.148. The summed E-state index contributed by atoms with van der Waals surface area (Å²) in [5.41, 5.74) is 7.45. The van der Waals surface area contributed by atoms with Crippen molar-refractivity contribution in [2.24, 2.45) is 5.10 Å². The summed E-state index contributed by atoms with van der Waals surface area (Å²) >= 11 is 0. The molecule has 0 fully saturated rings. The first-order valence-electron chi connectivity index (χ1n) is 11.0. The highest BCUT2D eigenvalue weighted by atomic mass is 16.5. The molecule has 0 unspecified atom stereocenters. The number of aromatic amines is 1. The van der Waals surface area contributed by atoms with Crippen molar-refractivity contribution < 1.29 is 14.3 Å². The Morgan fingerprint density at radius 1 is 1.03 bits per heavy atom. The van der Waals surface area contributed by atoms with Crippen LogP contribution in [0.25, 0.3) is 11.3 Å². The summed E-state index contributed by atoms with van der Waals surface area (Å²) in [5, 5.41) is 11.0. The highest BCUT2D eigenvalue weighted by Crippen LogP contribution is 2.22. The molecule has 0 radical (unpaired) electrons. The maximum absolute atomic E-state index is 12.4. The zero-order valence-electron chi connectivity index (χ0n) is 19.1. The van der Waals surface area contributed by atoms with Crippen LogP contribution in [0.1, 0.15) is 34.1 Å². The fourth-order valence-electron chi connectivity index (χ4n) is 3.25. The number of amides is 1. The molecule has 7 heteroatoms. The van der Waals surface area contributed by atoms with Gasteiger partial charge in [0.25, 0.3) is 5.91 Å². The summed E-state index contributed by atoms with van der Waals surface area (Å²) in [7, 11) is 0. The van der Waals surface area contributed by atoms with Crippen LogP contribution < -0.4 is 14.9 Å². The minimum atomic E-state index is -0.387. The van der Waals surface area contributed by atoms with Gasteiger partial charge < -0.3 is 9.47 Å². The van der Waals surface area contributed by atoms with Gasteiger partial charge in [0, 0.05) is 11.1 Å². The number of hydrazone groups is 1. The van der Waals surface area contributed by atoms with Crippen molar-refractivity contribution in [1.82, 2.24) is 15.6 Å². The highest BCUT2D eigenvalue weighted by molar-refractivity contribution is 5.94. The van der Waals surface area contributed by atoms with Crippen molar-refractivity contribution in [3.05, 3.63) is 101 Å². The predicted molar refractivity (Wildman–Crippen MR) is 132 cm³/mol. The molecule has 34 heavy (non-hydrogen) atoms. The Labute approximate surface area is 198 Å². The standard InChI is InChI=1S/C27H26N4O3/c1-3-33-26-7-5-4-6-22(26)17-28-31-27(32)25-16-24(29-30-25)21-12-14-23(15-13-21)34-18-20-10-8-19(2)9-11-20/h4-17H,3,18H2,1-2H3,(H,29,30)(H,31,32)/b28-17+. The Kier molecular flexibility index (Phi) is 7.35. The number of carbonyl (C=O) groups is 1. The molecule has 1 heterocycles. The Bertz CT molecular complexity index is 1260. The molecular formula is C27H26N4O3. The van der Waals surface area contributed by atoms with Crippen LogP contribution in [0.2, 0.25) is 0 Å². The number of aromatic nitrogens is 2. The van der Waals surface area contributed by atoms with Gasteiger partial charge in [0.2, 0.25) is 0 Å². The van der Waals surface area contributed by atoms with E-state index in [9.17, 15) is 4.79 Å². The number of aryl methyl sites for hydroxylation is 1. The number of H-pyrrole nitrogens is 1. The second kappa shape index (κ2) is 11.0. The smallest absolute Gasteiger partial charge is 0.289 e. The molecule has 4 aromatic rings. The van der Waals surface area contributed by atoms with E-state index in [1.807, 2.05) is 55.5 Å². The van der Waals surface area contributed by atoms with Crippen molar-refractivity contribution in [3.63, 3.8) is 0 Å². The topological polar surface area (TPSA) is 88.6 Å². The SMILES string of the molecule is CCOc1ccccc1/C=N/NC(=O)c1cc(-c2ccc(OCc3ccc(C)cc3)cc2)n[nH]1. The molecule has 7 nitrogen and oxygen atoms in total. The lowest BCUT2D eigenvalue weighted by molar-refractivity contribution is 0.0950. The largest absolute Gasteiger partial charge is 0.493 e. The van der Waals surface area contributed by atoms with E-state index in [0.717, 1.165) is 22.4 Å². The van der Waals surface area contributed by atoms with Crippen LogP contribution in [-0.2, 0) is 6.61 Å². The van der Waals surface area contributed by atoms with Crippen LogP contribution in [0.15, 0.2) is 84.0 Å². The van der Waals surface area contributed by atoms with E-state index >= 15 is 0 Å². The van der Waals surface area contributed by atoms with Crippen LogP contribution >= 0.6 is 0 Å². The van der Waals surface area contributed by atoms with E-state index < -0.39 is 0 Å². The first kappa shape index (κ1) is 22.8. The summed E-state index contributed by atoms with van der Waals surface area (Å²) in [6.45, 7) is 5.03. The van der Waals surface area contributed by atoms with Crippen LogP contribution in [0.3, 0.4) is 0 Å². The number of hydrogen-bond donors (Lipinski definition) is 2. The molecule has 1 amide bonds. The van der Waals surface area contributed by atoms with Gasteiger partial charge in [-0.15, -0.1) is 0 Å². The van der Waals surface area contributed by atoms with Gasteiger partial charge in [0.1, 0.15) is 23.8 Å². The van der Waals surface area contributed by atoms with Crippen molar-refractivity contribution >= 4 is 12.1 Å². The molecule has 0 atom stereocenters. The average Bonchev–Trinajstić information content (AvgIpc) is 3.36. The summed E-state index contributed by atoms with van der Waals surface area (Å²) in [6.07, 6.45) is 1.55. The van der Waals surface area contributed by atoms with E-state index in [1.165, 1.54) is 5.56 Å². The number of benzene rings is 3. The molecule has 0 saturated carbocycles. The lowest BCUT2D eigenvalue weighted by Gasteiger charge is -2.07. The quantitative estimate of drug-likeness (QED) is 0.271. The second-order valence-electron chi connectivity index (χ2n) is 7.64. The van der Waals surface area contributed by atoms with Gasteiger partial charge in [0.05, 0.1) is 18.5 Å². The van der Waals surface area contributed by atoms with E-state index in [2.05, 4.69) is 51.9 Å². The summed E-state index contributed by atoms with van der Waals surface area (Å²) in [5.74, 6) is 1.08. The minimum Gasteiger partial charge on any atom is -0.493 e. The first-order chi connectivity index (χ1) is 16.6. The van der Waals surface area contributed by atoms with Gasteiger partial charge in [0.15, 0.2) is 0 Å². The Morgan fingerprint density at radius 3 is 2.56 bits per heavy atom. The third-order valence-electron chi connectivity index (χ3n) is 5.09. The monoisotopic (exact) mass is 454 g/mol. The van der Waals surface area contributed by atoms with E-state index in [-0.39, 0.29) is 5.91 Å². The molecule has 0 aliphatic carbocycles. The van der Waals surface area contributed by atoms with E-state index in [0.29, 0.717) is 30.4 Å². The summed E-state index contributed by atoms with van der Waals surface area (Å²) < 4.78 is 11.4. The number of ether oxygens (including phenoxy) is 2. The maximum atomic E-state index is 12.4. The fourth-order valence-corrected chi connectivity index (χ4v) is 3.25. The molecule has 1 aromatic heterocycles. The molecular weight excluding hydrogens is 428 g/mol. The van der Waals surface area contributed by atoms with Crippen LogP contribution in [0.5, 0.6) is 11.5 Å². The zero-order valence-corrected chi connectivity index (χ0v) is 19.1. The summed E-state index contributed by atoms with van der Waals surface area (Å²) in [6, 6.07) is 25.0. The van der Waals surface area contributed by atoms with Gasteiger partial charge in [-0.25, -0.2) is 5.43 Å². The average molecular weight is 455 g/mol. The van der Waals surface area contributed by atoms with E-state index in [4.69, 9.17) is 9.47 Å². The highest BCUT2D eigenvalue weighted by Gasteiger charge is 2.11. The van der Waals surface area contributed by atoms with Gasteiger partial charge in [-0.2, -0.15) is 10.2 Å². The molecule has 172 valence electrons. The van der Waals surface area contributed by atoms with Crippen molar-refractivity contribution in [3.8, 4) is 22.8 Å². The van der Waals surface area contributed by atoms with E-state index in [1.54, 1.807) is 12.3 Å². The lowest BCUT2D eigenvalue weighted by atomic mass is 10.1. The van der Waals surface area contributed by atoms with Gasteiger partial charge in [-0.3, -0.25) is 9.89 Å². The van der Waals surface area contributed by atoms with Gasteiger partial charge in [-0.1, -0.05) is 42.0 Å². The second-order valence-corrected chi connectivity index (χ2v) is 7.64. The minimum absolute atomic E-state index is 0.310. The number of para-hydroxylation sites is 1. The Hall–Kier alpha value is -4.39. The Morgan fingerprint density at radius 2 is 1.79 bits per heavy atom. The number of carbonyl (C=O) groups excluding carboxylic acids is 1. The molecule has 0 bridgehead atoms. The normalized spacial score (nSPS) is 10.9. The zero-order chi connectivity index (χ0) is 23.8. The van der Waals surface area contributed by atoms with Gasteiger partial charge in [-0.05, 0) is 61.9 Å². The molecule has 0 spiro atoms. The Balaban J connectivity index is 1.34. The van der Waals surface area contributed by atoms with Crippen LogP contribution in [-0.4, -0.2) is 28.9 Å². The first-order valence-corrected chi connectivity index (χ1v) is 11.0. The number of hydrogen-bond acceptors (Lipinski definition) is 5. The molecule has 4 rings (SSSR count). The van der Waals surface area contributed by atoms with Crippen LogP contribution in [0.4, 0.5) is 0 Å². The third kappa shape index (κ3) is 5.89. The molecule has 3 aromatic carbocycles. The predicted octanol–water partition coefficient (Wildman–Crippen LogP) is 5.13. The number of nitrogens with one attached hydrogen (secondary N) is 2. The lowest BCUT2D eigenvalue weighted by Crippen LogP contribution is -2.18. The maximum Gasteiger partial charge on any atom is 0.289 e. The van der Waals surface area contributed by atoms with Crippen molar-refractivity contribution in [2.45, 2.75) is 20.5 Å². The number of nitrogens with zero attached hydrogens (tertiary/aromatic N) is 2. The van der Waals surface area contributed by atoms with Crippen molar-refractivity contribution in [2.75, 3.05) is 6.61 Å². The summed E-state index contributed by atoms with van der Waals surface area (Å²) in [4.78, 5) is 12.4. The molecule has 0 aliphatic heterocycles. The van der Waals surface area contributed by atoms with Crippen molar-refractivity contribution in [1.29, 1.82) is 0 Å². The molecule has 0 aliphatic rings. The molecule has 2 N–H and O–H groups in total. The molecule has 0 saturated heterocycles.